The number of benzene rings is 1. The van der Waals surface area contributed by atoms with Gasteiger partial charge in [-0.25, -0.2) is 9.69 Å². The van der Waals surface area contributed by atoms with Crippen molar-refractivity contribution in [1.82, 2.24) is 4.90 Å². The van der Waals surface area contributed by atoms with Gasteiger partial charge in [0.25, 0.3) is 0 Å². The summed E-state index contributed by atoms with van der Waals surface area (Å²) >= 11 is 0. The molecule has 0 unspecified atom stereocenters. The summed E-state index contributed by atoms with van der Waals surface area (Å²) in [7, 11) is 0. The molecule has 0 bridgehead atoms. The Labute approximate surface area is 145 Å². The van der Waals surface area contributed by atoms with Crippen molar-refractivity contribution in [1.29, 1.82) is 0 Å². The molecule has 2 rings (SSSR count). The van der Waals surface area contributed by atoms with Gasteiger partial charge in [0.1, 0.15) is 13.0 Å². The lowest BCUT2D eigenvalue weighted by Crippen LogP contribution is -2.59. The maximum atomic E-state index is 13.2. The van der Waals surface area contributed by atoms with E-state index in [0.717, 1.165) is 0 Å². The number of hydrogen-bond acceptors (Lipinski definition) is 3. The number of urea groups is 1. The monoisotopic (exact) mass is 404 g/mol. The van der Waals surface area contributed by atoms with E-state index in [1.54, 1.807) is 0 Å². The Bertz CT molecular complexity index is 770. The summed E-state index contributed by atoms with van der Waals surface area (Å²) in [5, 5.41) is 0. The van der Waals surface area contributed by atoms with Crippen LogP contribution in [-0.2, 0) is 15.8 Å². The number of rotatable bonds is 3. The molecule has 27 heavy (non-hydrogen) atoms. The highest BCUT2D eigenvalue weighted by Gasteiger charge is 2.60. The molecule has 1 fully saturated rings. The molecular weight excluding hydrogens is 396 g/mol. The van der Waals surface area contributed by atoms with Gasteiger partial charge in [0, 0.05) is 0 Å². The van der Waals surface area contributed by atoms with Gasteiger partial charge in [0.2, 0.25) is 11.8 Å². The molecule has 13 heteroatoms. The third kappa shape index (κ3) is 4.01. The Morgan fingerprint density at radius 3 is 1.78 bits per heavy atom. The Balaban J connectivity index is 2.34. The third-order valence-electron chi connectivity index (χ3n) is 3.50. The summed E-state index contributed by atoms with van der Waals surface area (Å²) < 4.78 is 101. The van der Waals surface area contributed by atoms with Gasteiger partial charge in [-0.1, -0.05) is 0 Å². The molecule has 5 nitrogen and oxygen atoms in total. The highest BCUT2D eigenvalue weighted by molar-refractivity contribution is 6.26. The topological polar surface area (TPSA) is 57.7 Å². The van der Waals surface area contributed by atoms with Crippen LogP contribution in [0.25, 0.3) is 0 Å². The molecular formula is C14H8F8N2O3. The number of carbonyl (C=O) groups excluding carboxylic acids is 3. The van der Waals surface area contributed by atoms with Crippen molar-refractivity contribution in [3.8, 4) is 0 Å². The quantitative estimate of drug-likeness (QED) is 0.572. The minimum Gasteiger partial charge on any atom is -0.274 e. The minimum absolute atomic E-state index is 0.0635. The van der Waals surface area contributed by atoms with Gasteiger partial charge < -0.3 is 0 Å². The smallest absolute Gasteiger partial charge is 0.274 e. The van der Waals surface area contributed by atoms with Gasteiger partial charge >= 0.3 is 24.3 Å². The minimum atomic E-state index is -6.06. The van der Waals surface area contributed by atoms with Crippen molar-refractivity contribution < 1.29 is 49.5 Å². The number of imide groups is 2. The van der Waals surface area contributed by atoms with Crippen LogP contribution in [0.3, 0.4) is 0 Å². The van der Waals surface area contributed by atoms with E-state index in [2.05, 4.69) is 0 Å². The molecule has 0 aromatic heterocycles. The van der Waals surface area contributed by atoms with Gasteiger partial charge in [-0.3, -0.25) is 14.5 Å². The predicted molar refractivity (Wildman–Crippen MR) is 71.7 cm³/mol. The zero-order chi connectivity index (χ0) is 20.8. The van der Waals surface area contributed by atoms with E-state index in [-0.39, 0.29) is 4.90 Å². The Morgan fingerprint density at radius 1 is 0.815 bits per heavy atom. The second-order valence-corrected chi connectivity index (χ2v) is 5.42. The number of alkyl halides is 8. The number of anilines is 1. The van der Waals surface area contributed by atoms with Crippen molar-refractivity contribution in [3.63, 3.8) is 0 Å². The van der Waals surface area contributed by atoms with E-state index in [0.29, 0.717) is 24.3 Å². The highest BCUT2D eigenvalue weighted by atomic mass is 19.4. The van der Waals surface area contributed by atoms with Crippen LogP contribution in [-0.4, -0.2) is 41.4 Å². The van der Waals surface area contributed by atoms with Crippen LogP contribution >= 0.6 is 0 Å². The average molecular weight is 404 g/mol. The Morgan fingerprint density at radius 2 is 1.33 bits per heavy atom. The first-order valence-corrected chi connectivity index (χ1v) is 6.94. The fourth-order valence-corrected chi connectivity index (χ4v) is 2.14. The maximum absolute atomic E-state index is 13.2. The molecule has 0 spiro atoms. The first-order valence-electron chi connectivity index (χ1n) is 6.94. The molecule has 1 aromatic rings. The summed E-state index contributed by atoms with van der Waals surface area (Å²) in [6.45, 7) is -2.36. The van der Waals surface area contributed by atoms with Crippen LogP contribution in [0.2, 0.25) is 0 Å². The average Bonchev–Trinajstić information content (AvgIpc) is 2.50. The summed E-state index contributed by atoms with van der Waals surface area (Å²) in [6.07, 6.45) is -12.0. The predicted octanol–water partition coefficient (Wildman–Crippen LogP) is 3.59. The Hall–Kier alpha value is -2.73. The molecule has 1 aliphatic heterocycles. The normalized spacial score (nSPS) is 17.0. The van der Waals surface area contributed by atoms with E-state index in [4.69, 9.17) is 0 Å². The highest BCUT2D eigenvalue weighted by Crippen LogP contribution is 2.37. The second-order valence-electron chi connectivity index (χ2n) is 5.42. The number of hydrogen-bond donors (Lipinski definition) is 0. The molecule has 1 saturated heterocycles. The standard InChI is InChI=1S/C14H8F8N2O3/c15-12(16,14(20,21)22)6-23-9(25)5-10(26)24(11(23)27)8-3-1-7(2-4-8)13(17,18)19/h1-4H,5-6H2. The van der Waals surface area contributed by atoms with Gasteiger partial charge in [0.15, 0.2) is 0 Å². The van der Waals surface area contributed by atoms with Crippen LogP contribution in [0.5, 0.6) is 0 Å². The first-order chi connectivity index (χ1) is 12.1. The summed E-state index contributed by atoms with van der Waals surface area (Å²) in [6, 6.07) is 0.422. The lowest BCUT2D eigenvalue weighted by Gasteiger charge is -2.34. The third-order valence-corrected chi connectivity index (χ3v) is 3.50. The SMILES string of the molecule is O=C1CC(=O)N(c2ccc(C(F)(F)F)cc2)C(=O)N1CC(F)(F)C(F)(F)F. The zero-order valence-corrected chi connectivity index (χ0v) is 12.9. The molecule has 0 radical (unpaired) electrons. The van der Waals surface area contributed by atoms with Gasteiger partial charge in [0.05, 0.1) is 11.3 Å². The van der Waals surface area contributed by atoms with Crippen LogP contribution in [0.1, 0.15) is 12.0 Å². The van der Waals surface area contributed by atoms with Crippen LogP contribution < -0.4 is 4.90 Å². The van der Waals surface area contributed by atoms with E-state index >= 15 is 0 Å². The van der Waals surface area contributed by atoms with Crippen molar-refractivity contribution >= 4 is 23.5 Å². The maximum Gasteiger partial charge on any atom is 0.455 e. The van der Waals surface area contributed by atoms with Crippen LogP contribution in [0.15, 0.2) is 24.3 Å². The summed E-state index contributed by atoms with van der Waals surface area (Å²) in [4.78, 5) is 35.1. The Kier molecular flexibility index (Phi) is 4.92. The summed E-state index contributed by atoms with van der Waals surface area (Å²) in [5.74, 6) is -8.31. The molecule has 1 aliphatic rings. The first kappa shape index (κ1) is 20.6. The molecule has 0 N–H and O–H groups in total. The summed E-state index contributed by atoms with van der Waals surface area (Å²) in [5.41, 5.74) is -1.68. The number of nitrogens with zero attached hydrogens (tertiary/aromatic N) is 2. The molecule has 0 atom stereocenters. The van der Waals surface area contributed by atoms with Crippen molar-refractivity contribution in [2.45, 2.75) is 24.7 Å². The van der Waals surface area contributed by atoms with Gasteiger partial charge in [-0.2, -0.15) is 35.1 Å². The van der Waals surface area contributed by atoms with Gasteiger partial charge in [-0.15, -0.1) is 0 Å². The van der Waals surface area contributed by atoms with Gasteiger partial charge in [-0.05, 0) is 24.3 Å². The van der Waals surface area contributed by atoms with E-state index in [1.165, 1.54) is 0 Å². The van der Waals surface area contributed by atoms with Crippen molar-refractivity contribution in [2.75, 3.05) is 11.4 Å². The van der Waals surface area contributed by atoms with E-state index in [9.17, 15) is 49.5 Å². The second kappa shape index (κ2) is 6.46. The molecule has 148 valence electrons. The van der Waals surface area contributed by atoms with Crippen molar-refractivity contribution in [2.24, 2.45) is 0 Å². The molecule has 0 aliphatic carbocycles. The number of carbonyl (C=O) groups is 3. The molecule has 1 heterocycles. The molecule has 4 amide bonds. The lowest BCUT2D eigenvalue weighted by molar-refractivity contribution is -0.283. The fraction of sp³-hybridized carbons (Fsp3) is 0.357. The molecule has 0 saturated carbocycles. The molecule has 1 aromatic carbocycles. The largest absolute Gasteiger partial charge is 0.455 e. The van der Waals surface area contributed by atoms with E-state index < -0.39 is 65.2 Å². The zero-order valence-electron chi connectivity index (χ0n) is 12.9. The van der Waals surface area contributed by atoms with Crippen molar-refractivity contribution in [3.05, 3.63) is 29.8 Å². The lowest BCUT2D eigenvalue weighted by atomic mass is 10.1. The van der Waals surface area contributed by atoms with Crippen LogP contribution in [0, 0.1) is 0 Å². The number of halogens is 8. The van der Waals surface area contributed by atoms with Crippen LogP contribution in [0.4, 0.5) is 45.6 Å². The van der Waals surface area contributed by atoms with E-state index in [1.807, 2.05) is 0 Å². The number of barbiturate groups is 1. The fourth-order valence-electron chi connectivity index (χ4n) is 2.14. The number of amides is 4.